The van der Waals surface area contributed by atoms with Gasteiger partial charge >= 0.3 is 0 Å². The van der Waals surface area contributed by atoms with E-state index < -0.39 is 11.7 Å². The molecule has 1 amide bonds. The van der Waals surface area contributed by atoms with Gasteiger partial charge in [-0.3, -0.25) is 14.5 Å². The van der Waals surface area contributed by atoms with E-state index in [9.17, 15) is 9.59 Å². The highest BCUT2D eigenvalue weighted by Crippen LogP contribution is 2.34. The number of hydrogen-bond donors (Lipinski definition) is 0. The zero-order valence-electron chi connectivity index (χ0n) is 8.96. The van der Waals surface area contributed by atoms with Gasteiger partial charge in [-0.1, -0.05) is 11.2 Å². The molecule has 0 unspecified atom stereocenters. The molecule has 3 rings (SSSR count). The number of carbonyl (C=O) groups is 2. The van der Waals surface area contributed by atoms with E-state index in [1.54, 1.807) is 18.2 Å². The number of halogens is 1. The van der Waals surface area contributed by atoms with E-state index in [1.807, 2.05) is 0 Å². The summed E-state index contributed by atoms with van der Waals surface area (Å²) in [6.07, 6.45) is 1.18. The molecule has 0 N–H and O–H groups in total. The van der Waals surface area contributed by atoms with Crippen molar-refractivity contribution in [1.82, 2.24) is 10.1 Å². The Hall–Kier alpha value is -2.02. The minimum absolute atomic E-state index is 0.116. The summed E-state index contributed by atoms with van der Waals surface area (Å²) in [6, 6.07) is 5.20. The minimum Gasteiger partial charge on any atom is -0.343 e. The summed E-state index contributed by atoms with van der Waals surface area (Å²) in [7, 11) is 0. The van der Waals surface area contributed by atoms with Crippen LogP contribution in [0.25, 0.3) is 0 Å². The van der Waals surface area contributed by atoms with Gasteiger partial charge in [0.2, 0.25) is 6.39 Å². The van der Waals surface area contributed by atoms with Crippen LogP contribution in [0.15, 0.2) is 33.6 Å². The summed E-state index contributed by atoms with van der Waals surface area (Å²) in [5.41, 5.74) is 0.940. The lowest BCUT2D eigenvalue weighted by molar-refractivity contribution is -0.114. The third-order valence-electron chi connectivity index (χ3n) is 2.66. The van der Waals surface area contributed by atoms with Crippen molar-refractivity contribution < 1.29 is 14.1 Å². The second kappa shape index (κ2) is 4.02. The molecule has 2 heterocycles. The largest absolute Gasteiger partial charge is 0.343 e. The fourth-order valence-corrected chi connectivity index (χ4v) is 2.40. The normalized spacial score (nSPS) is 14.2. The van der Waals surface area contributed by atoms with E-state index >= 15 is 0 Å². The van der Waals surface area contributed by atoms with Crippen LogP contribution in [-0.2, 0) is 11.3 Å². The van der Waals surface area contributed by atoms with E-state index in [-0.39, 0.29) is 6.54 Å². The van der Waals surface area contributed by atoms with Crippen LogP contribution in [0.1, 0.15) is 16.2 Å². The molecule has 7 heteroatoms. The van der Waals surface area contributed by atoms with Gasteiger partial charge in [-0.25, -0.2) is 0 Å². The fourth-order valence-electron chi connectivity index (χ4n) is 1.86. The van der Waals surface area contributed by atoms with Crippen molar-refractivity contribution in [3.8, 4) is 0 Å². The quantitative estimate of drug-likeness (QED) is 0.787. The molecule has 1 aromatic carbocycles. The lowest BCUT2D eigenvalue weighted by atomic mass is 10.1. The van der Waals surface area contributed by atoms with Crippen LogP contribution in [0.5, 0.6) is 0 Å². The molecule has 1 aliphatic heterocycles. The summed E-state index contributed by atoms with van der Waals surface area (Å²) >= 11 is 3.27. The first-order chi connectivity index (χ1) is 8.68. The van der Waals surface area contributed by atoms with Gasteiger partial charge in [0, 0.05) is 4.47 Å². The van der Waals surface area contributed by atoms with E-state index in [0.717, 1.165) is 0 Å². The fraction of sp³-hybridized carbons (Fsp3) is 0.0909. The molecular formula is C11H6BrN3O3. The van der Waals surface area contributed by atoms with Gasteiger partial charge in [-0.05, 0) is 28.1 Å². The van der Waals surface area contributed by atoms with Crippen molar-refractivity contribution in [2.75, 3.05) is 4.90 Å². The highest BCUT2D eigenvalue weighted by atomic mass is 79.9. The Kier molecular flexibility index (Phi) is 2.48. The monoisotopic (exact) mass is 307 g/mol. The van der Waals surface area contributed by atoms with Gasteiger partial charge in [0.05, 0.1) is 17.8 Å². The van der Waals surface area contributed by atoms with Crippen molar-refractivity contribution in [2.45, 2.75) is 6.54 Å². The van der Waals surface area contributed by atoms with E-state index in [2.05, 4.69) is 30.6 Å². The van der Waals surface area contributed by atoms with Crippen LogP contribution >= 0.6 is 15.9 Å². The molecule has 0 fully saturated rings. The van der Waals surface area contributed by atoms with Gasteiger partial charge in [0.1, 0.15) is 0 Å². The average molecular weight is 308 g/mol. The van der Waals surface area contributed by atoms with Crippen molar-refractivity contribution in [1.29, 1.82) is 0 Å². The molecule has 0 saturated carbocycles. The SMILES string of the molecule is O=C1C(=O)N(Cc2ncon2)c2cccc(Br)c21. The van der Waals surface area contributed by atoms with Gasteiger partial charge in [0.25, 0.3) is 11.7 Å². The molecule has 1 aliphatic rings. The second-order valence-corrected chi connectivity index (χ2v) is 4.56. The van der Waals surface area contributed by atoms with E-state index in [4.69, 9.17) is 0 Å². The Bertz CT molecular complexity index is 639. The third kappa shape index (κ3) is 1.55. The molecule has 0 bridgehead atoms. The average Bonchev–Trinajstić information content (AvgIpc) is 2.94. The molecule has 0 saturated heterocycles. The maximum absolute atomic E-state index is 11.9. The van der Waals surface area contributed by atoms with Gasteiger partial charge < -0.3 is 4.52 Å². The van der Waals surface area contributed by atoms with Crippen molar-refractivity contribution >= 4 is 33.3 Å². The summed E-state index contributed by atoms with van der Waals surface area (Å²) < 4.78 is 5.21. The van der Waals surface area contributed by atoms with Crippen LogP contribution in [0, 0.1) is 0 Å². The highest BCUT2D eigenvalue weighted by Gasteiger charge is 2.37. The van der Waals surface area contributed by atoms with Crippen molar-refractivity contribution in [3.05, 3.63) is 40.5 Å². The Labute approximate surface area is 110 Å². The van der Waals surface area contributed by atoms with E-state index in [0.29, 0.717) is 21.5 Å². The summed E-state index contributed by atoms with van der Waals surface area (Å²) in [5.74, 6) is -0.758. The molecule has 0 spiro atoms. The Balaban J connectivity index is 2.05. The molecule has 6 nitrogen and oxygen atoms in total. The number of amides is 1. The van der Waals surface area contributed by atoms with Crippen LogP contribution in [0.2, 0.25) is 0 Å². The number of anilines is 1. The molecule has 0 aliphatic carbocycles. The Morgan fingerprint density at radius 1 is 1.33 bits per heavy atom. The molecule has 0 radical (unpaired) electrons. The van der Waals surface area contributed by atoms with Crippen molar-refractivity contribution in [2.24, 2.45) is 0 Å². The molecule has 90 valence electrons. The number of aromatic nitrogens is 2. The van der Waals surface area contributed by atoms with Gasteiger partial charge in [0.15, 0.2) is 5.82 Å². The van der Waals surface area contributed by atoms with Gasteiger partial charge in [-0.15, -0.1) is 0 Å². The third-order valence-corrected chi connectivity index (χ3v) is 3.32. The first-order valence-corrected chi connectivity index (χ1v) is 5.87. The smallest absolute Gasteiger partial charge is 0.299 e. The predicted octanol–water partition coefficient (Wildman–Crippen LogP) is 1.56. The number of fused-ring (bicyclic) bond motifs is 1. The number of ketones is 1. The van der Waals surface area contributed by atoms with Crippen LogP contribution < -0.4 is 4.90 Å². The zero-order valence-corrected chi connectivity index (χ0v) is 10.5. The standard InChI is InChI=1S/C11H6BrN3O3/c12-6-2-1-3-7-9(6)10(16)11(17)15(7)4-8-13-5-18-14-8/h1-3,5H,4H2. The molecular weight excluding hydrogens is 302 g/mol. The van der Waals surface area contributed by atoms with E-state index in [1.165, 1.54) is 11.3 Å². The zero-order chi connectivity index (χ0) is 12.7. The first-order valence-electron chi connectivity index (χ1n) is 5.08. The number of benzene rings is 1. The Morgan fingerprint density at radius 3 is 2.89 bits per heavy atom. The second-order valence-electron chi connectivity index (χ2n) is 3.70. The number of hydrogen-bond acceptors (Lipinski definition) is 5. The topological polar surface area (TPSA) is 76.3 Å². The van der Waals surface area contributed by atoms with Crippen LogP contribution in [0.3, 0.4) is 0 Å². The summed E-state index contributed by atoms with van der Waals surface area (Å²) in [4.78, 5) is 29.0. The number of rotatable bonds is 2. The number of Topliss-reactive ketones (excluding diaryl/α,β-unsaturated/α-hetero) is 1. The predicted molar refractivity (Wildman–Crippen MR) is 64.0 cm³/mol. The van der Waals surface area contributed by atoms with Crippen LogP contribution in [0.4, 0.5) is 5.69 Å². The molecule has 2 aromatic rings. The first kappa shape index (κ1) is 11.1. The molecule has 1 aromatic heterocycles. The summed E-state index contributed by atoms with van der Waals surface area (Å²) in [6.45, 7) is 0.116. The maximum atomic E-state index is 11.9. The summed E-state index contributed by atoms with van der Waals surface area (Å²) in [5, 5.41) is 3.63. The maximum Gasteiger partial charge on any atom is 0.299 e. The molecule has 0 atom stereocenters. The highest BCUT2D eigenvalue weighted by molar-refractivity contribution is 9.10. The number of carbonyl (C=O) groups excluding carboxylic acids is 2. The lowest BCUT2D eigenvalue weighted by Crippen LogP contribution is -2.29. The van der Waals surface area contributed by atoms with Crippen LogP contribution in [-0.4, -0.2) is 21.8 Å². The van der Waals surface area contributed by atoms with Crippen molar-refractivity contribution in [3.63, 3.8) is 0 Å². The molecule has 18 heavy (non-hydrogen) atoms. The Morgan fingerprint density at radius 2 is 2.17 bits per heavy atom. The number of nitrogens with zero attached hydrogens (tertiary/aromatic N) is 3. The lowest BCUT2D eigenvalue weighted by Gasteiger charge is -2.13. The van der Waals surface area contributed by atoms with Gasteiger partial charge in [-0.2, -0.15) is 4.98 Å². The minimum atomic E-state index is -0.582.